The Morgan fingerprint density at radius 3 is 2.81 bits per heavy atom. The van der Waals surface area contributed by atoms with Crippen LogP contribution in [0, 0.1) is 3.57 Å². The Hall–Kier alpha value is -0.860. The van der Waals surface area contributed by atoms with Gasteiger partial charge in [-0.25, -0.2) is 0 Å². The number of hydrogen-bond donors (Lipinski definition) is 3. The minimum absolute atomic E-state index is 0.00453. The Balaban J connectivity index is 1.71. The molecular weight excluding hydrogens is 383 g/mol. The Bertz CT molecular complexity index is 488. The number of carbonyl (C=O) groups is 1. The zero-order valence-corrected chi connectivity index (χ0v) is 14.0. The van der Waals surface area contributed by atoms with Gasteiger partial charge in [-0.05, 0) is 66.5 Å². The highest BCUT2D eigenvalue weighted by molar-refractivity contribution is 14.1. The van der Waals surface area contributed by atoms with E-state index in [-0.39, 0.29) is 17.8 Å². The lowest BCUT2D eigenvalue weighted by Gasteiger charge is -2.26. The zero-order chi connectivity index (χ0) is 15.2. The van der Waals surface area contributed by atoms with Gasteiger partial charge < -0.3 is 20.9 Å². The molecule has 1 saturated carbocycles. The molecule has 1 fully saturated rings. The van der Waals surface area contributed by atoms with Crippen molar-refractivity contribution >= 4 is 28.5 Å². The predicted octanol–water partition coefficient (Wildman–Crippen LogP) is 2.01. The van der Waals surface area contributed by atoms with Crippen molar-refractivity contribution in [2.24, 2.45) is 5.73 Å². The Labute approximate surface area is 138 Å². The molecule has 0 heterocycles. The molecule has 2 rings (SSSR count). The molecule has 0 saturated heterocycles. The van der Waals surface area contributed by atoms with E-state index in [9.17, 15) is 9.90 Å². The molecule has 4 N–H and O–H groups in total. The van der Waals surface area contributed by atoms with E-state index >= 15 is 0 Å². The van der Waals surface area contributed by atoms with Crippen molar-refractivity contribution in [2.75, 3.05) is 13.2 Å². The summed E-state index contributed by atoms with van der Waals surface area (Å²) in [5.74, 6) is -0.282. The first kappa shape index (κ1) is 16.5. The van der Waals surface area contributed by atoms with Crippen LogP contribution in [0.2, 0.25) is 0 Å². The summed E-state index contributed by atoms with van der Waals surface area (Å²) in [5.41, 5.74) is 6.14. The van der Waals surface area contributed by atoms with Gasteiger partial charge in [0.2, 0.25) is 0 Å². The highest BCUT2D eigenvalue weighted by Gasteiger charge is 2.18. The van der Waals surface area contributed by atoms with Gasteiger partial charge in [0.15, 0.2) is 0 Å². The number of hydrogen-bond acceptors (Lipinski definition) is 4. The molecule has 0 unspecified atom stereocenters. The quantitative estimate of drug-likeness (QED) is 0.518. The summed E-state index contributed by atoms with van der Waals surface area (Å²) < 4.78 is 6.64. The number of nitrogens with two attached hydrogens (primary N) is 1. The highest BCUT2D eigenvalue weighted by Crippen LogP contribution is 2.20. The Kier molecular flexibility index (Phi) is 6.25. The van der Waals surface area contributed by atoms with Crippen LogP contribution in [-0.4, -0.2) is 36.3 Å². The first-order valence-electron chi connectivity index (χ1n) is 7.20. The van der Waals surface area contributed by atoms with E-state index < -0.39 is 0 Å². The van der Waals surface area contributed by atoms with Gasteiger partial charge in [-0.1, -0.05) is 0 Å². The smallest absolute Gasteiger partial charge is 0.255 e. The molecule has 1 aliphatic rings. The molecule has 0 aliphatic heterocycles. The molecule has 0 spiro atoms. The van der Waals surface area contributed by atoms with Gasteiger partial charge >= 0.3 is 0 Å². The van der Waals surface area contributed by atoms with Crippen LogP contribution in [0.4, 0.5) is 0 Å². The fourth-order valence-electron chi connectivity index (χ4n) is 2.43. The summed E-state index contributed by atoms with van der Waals surface area (Å²) in [6.45, 7) is 0.919. The summed E-state index contributed by atoms with van der Waals surface area (Å²) in [6, 6.07) is 5.25. The van der Waals surface area contributed by atoms with Crippen LogP contribution >= 0.6 is 22.6 Å². The van der Waals surface area contributed by atoms with Crippen LogP contribution in [0.25, 0.3) is 0 Å². The molecule has 6 heteroatoms. The van der Waals surface area contributed by atoms with Gasteiger partial charge in [0.1, 0.15) is 5.75 Å². The lowest BCUT2D eigenvalue weighted by molar-refractivity contribution is 0.0267. The molecule has 1 aliphatic carbocycles. The maximum atomic E-state index is 12.0. The zero-order valence-electron chi connectivity index (χ0n) is 11.8. The number of carbonyl (C=O) groups excluding carboxylic acids is 1. The van der Waals surface area contributed by atoms with E-state index in [1.54, 1.807) is 12.1 Å². The van der Waals surface area contributed by atoms with E-state index in [0.29, 0.717) is 24.8 Å². The van der Waals surface area contributed by atoms with E-state index in [0.717, 1.165) is 29.3 Å². The summed E-state index contributed by atoms with van der Waals surface area (Å²) in [4.78, 5) is 12.0. The maximum Gasteiger partial charge on any atom is 0.255 e. The number of phenolic OH excluding ortho intramolecular Hbond substituents is 1. The van der Waals surface area contributed by atoms with Crippen LogP contribution < -0.4 is 11.1 Å². The predicted molar refractivity (Wildman–Crippen MR) is 89.3 cm³/mol. The van der Waals surface area contributed by atoms with E-state index in [4.69, 9.17) is 10.5 Å². The molecule has 21 heavy (non-hydrogen) atoms. The van der Waals surface area contributed by atoms with E-state index in [1.807, 2.05) is 0 Å². The lowest BCUT2D eigenvalue weighted by atomic mass is 9.94. The molecule has 116 valence electrons. The molecule has 1 aromatic carbocycles. The van der Waals surface area contributed by atoms with E-state index in [2.05, 4.69) is 27.9 Å². The normalized spacial score (nSPS) is 22.0. The third-order valence-corrected chi connectivity index (χ3v) is 4.33. The summed E-state index contributed by atoms with van der Waals surface area (Å²) >= 11 is 2.11. The van der Waals surface area contributed by atoms with Crippen molar-refractivity contribution in [3.8, 4) is 5.75 Å². The third kappa shape index (κ3) is 5.12. The van der Waals surface area contributed by atoms with Gasteiger partial charge in [0, 0.05) is 16.2 Å². The largest absolute Gasteiger partial charge is 0.507 e. The van der Waals surface area contributed by atoms with Gasteiger partial charge in [-0.2, -0.15) is 0 Å². The van der Waals surface area contributed by atoms with Crippen LogP contribution in [0.3, 0.4) is 0 Å². The first-order chi connectivity index (χ1) is 10.1. The molecule has 0 atom stereocenters. The van der Waals surface area contributed by atoms with Crippen LogP contribution in [0.1, 0.15) is 36.0 Å². The van der Waals surface area contributed by atoms with Crippen molar-refractivity contribution in [3.05, 3.63) is 27.3 Å². The van der Waals surface area contributed by atoms with Crippen LogP contribution in [0.15, 0.2) is 18.2 Å². The number of nitrogens with one attached hydrogen (secondary N) is 1. The lowest BCUT2D eigenvalue weighted by Crippen LogP contribution is -2.33. The van der Waals surface area contributed by atoms with Crippen LogP contribution in [0.5, 0.6) is 5.75 Å². The first-order valence-corrected chi connectivity index (χ1v) is 8.28. The van der Waals surface area contributed by atoms with Gasteiger partial charge in [-0.3, -0.25) is 4.79 Å². The maximum absolute atomic E-state index is 12.0. The van der Waals surface area contributed by atoms with Crippen LogP contribution in [-0.2, 0) is 4.74 Å². The molecule has 1 amide bonds. The number of halogens is 1. The summed E-state index contributed by atoms with van der Waals surface area (Å²) in [6.07, 6.45) is 4.26. The van der Waals surface area contributed by atoms with Crippen molar-refractivity contribution in [1.29, 1.82) is 0 Å². The Morgan fingerprint density at radius 1 is 1.38 bits per heavy atom. The van der Waals surface area contributed by atoms with Crippen molar-refractivity contribution in [3.63, 3.8) is 0 Å². The fraction of sp³-hybridized carbons (Fsp3) is 0.533. The standard InChI is InChI=1S/C15H21IN2O3/c16-10-1-6-14(19)13(9-10)15(20)18-7-8-21-12-4-2-11(17)3-5-12/h1,6,9,11-12,19H,2-5,7-8,17H2,(H,18,20). The number of rotatable bonds is 5. The number of benzene rings is 1. The average Bonchev–Trinajstić information content (AvgIpc) is 2.47. The topological polar surface area (TPSA) is 84.6 Å². The number of ether oxygens (including phenoxy) is 1. The molecular formula is C15H21IN2O3. The van der Waals surface area contributed by atoms with Crippen molar-refractivity contribution < 1.29 is 14.6 Å². The van der Waals surface area contributed by atoms with Gasteiger partial charge in [0.25, 0.3) is 5.91 Å². The SMILES string of the molecule is NC1CCC(OCCNC(=O)c2cc(I)ccc2O)CC1. The molecule has 1 aromatic rings. The van der Waals surface area contributed by atoms with Crippen molar-refractivity contribution in [1.82, 2.24) is 5.32 Å². The Morgan fingerprint density at radius 2 is 2.10 bits per heavy atom. The number of phenols is 1. The van der Waals surface area contributed by atoms with Gasteiger partial charge in [-0.15, -0.1) is 0 Å². The monoisotopic (exact) mass is 404 g/mol. The minimum Gasteiger partial charge on any atom is -0.507 e. The fourth-order valence-corrected chi connectivity index (χ4v) is 2.92. The molecule has 0 bridgehead atoms. The molecule has 0 aromatic heterocycles. The van der Waals surface area contributed by atoms with E-state index in [1.165, 1.54) is 6.07 Å². The van der Waals surface area contributed by atoms with Gasteiger partial charge in [0.05, 0.1) is 18.3 Å². The minimum atomic E-state index is -0.278. The number of aromatic hydroxyl groups is 1. The highest BCUT2D eigenvalue weighted by atomic mass is 127. The summed E-state index contributed by atoms with van der Waals surface area (Å²) in [5, 5.41) is 12.4. The van der Waals surface area contributed by atoms with Crippen molar-refractivity contribution in [2.45, 2.75) is 37.8 Å². The third-order valence-electron chi connectivity index (χ3n) is 3.66. The second-order valence-electron chi connectivity index (χ2n) is 5.32. The number of amides is 1. The average molecular weight is 404 g/mol. The molecule has 0 radical (unpaired) electrons. The summed E-state index contributed by atoms with van der Waals surface area (Å²) in [7, 11) is 0. The molecule has 5 nitrogen and oxygen atoms in total. The second kappa shape index (κ2) is 7.95. The second-order valence-corrected chi connectivity index (χ2v) is 6.57.